The van der Waals surface area contributed by atoms with Gasteiger partial charge in [-0.3, -0.25) is 4.79 Å². The fraction of sp³-hybridized carbons (Fsp3) is 0.133. The first-order valence-electron chi connectivity index (χ1n) is 6.07. The summed E-state index contributed by atoms with van der Waals surface area (Å²) in [5.74, 6) is -0.652. The highest BCUT2D eigenvalue weighted by Gasteiger charge is 2.31. The highest BCUT2D eigenvalue weighted by molar-refractivity contribution is 5.80. The van der Waals surface area contributed by atoms with Crippen molar-refractivity contribution in [1.82, 2.24) is 0 Å². The molecule has 116 valence electrons. The van der Waals surface area contributed by atoms with Gasteiger partial charge in [0.25, 0.3) is 0 Å². The Morgan fingerprint density at radius 2 is 1.73 bits per heavy atom. The van der Waals surface area contributed by atoms with Crippen LogP contribution in [0.3, 0.4) is 0 Å². The topological polar surface area (TPSA) is 35.5 Å². The predicted octanol–water partition coefficient (Wildman–Crippen LogP) is 4.64. The van der Waals surface area contributed by atoms with Crippen LogP contribution in [0.25, 0.3) is 0 Å². The molecule has 0 aliphatic carbocycles. The molecule has 3 nitrogen and oxygen atoms in total. The molecule has 0 aromatic heterocycles. The van der Waals surface area contributed by atoms with Crippen LogP contribution in [0.1, 0.15) is 15.9 Å². The molecule has 22 heavy (non-hydrogen) atoms. The average Bonchev–Trinajstić information content (AvgIpc) is 2.41. The van der Waals surface area contributed by atoms with Crippen molar-refractivity contribution in [3.63, 3.8) is 0 Å². The molecule has 7 heteroatoms. The Bertz CT molecular complexity index is 696. The van der Waals surface area contributed by atoms with Crippen LogP contribution in [-0.4, -0.2) is 12.6 Å². The molecule has 0 saturated heterocycles. The number of hydrogen-bond acceptors (Lipinski definition) is 3. The lowest BCUT2D eigenvalue weighted by atomic mass is 10.2. The smallest absolute Gasteiger partial charge is 0.456 e. The maximum atomic E-state index is 13.0. The Kier molecular flexibility index (Phi) is 4.35. The van der Waals surface area contributed by atoms with E-state index in [4.69, 9.17) is 4.74 Å². The van der Waals surface area contributed by atoms with Crippen LogP contribution in [0.5, 0.6) is 17.2 Å². The average molecular weight is 314 g/mol. The van der Waals surface area contributed by atoms with Crippen molar-refractivity contribution in [3.05, 3.63) is 53.3 Å². The quantitative estimate of drug-likeness (QED) is 0.609. The second-order valence-corrected chi connectivity index (χ2v) is 4.38. The normalized spacial score (nSPS) is 11.1. The van der Waals surface area contributed by atoms with Gasteiger partial charge in [0.05, 0.1) is 5.56 Å². The number of hydrogen-bond donors (Lipinski definition) is 0. The Morgan fingerprint density at radius 3 is 2.32 bits per heavy atom. The second-order valence-electron chi connectivity index (χ2n) is 4.38. The molecular formula is C15H10F4O3. The molecule has 2 aromatic rings. The van der Waals surface area contributed by atoms with E-state index in [-0.39, 0.29) is 17.1 Å². The van der Waals surface area contributed by atoms with Gasteiger partial charge in [0.15, 0.2) is 6.29 Å². The lowest BCUT2D eigenvalue weighted by Gasteiger charge is -2.13. The van der Waals surface area contributed by atoms with E-state index in [1.165, 1.54) is 24.3 Å². The number of rotatable bonds is 4. The largest absolute Gasteiger partial charge is 0.573 e. The van der Waals surface area contributed by atoms with Gasteiger partial charge in [-0.05, 0) is 48.9 Å². The van der Waals surface area contributed by atoms with E-state index in [1.807, 2.05) is 0 Å². The van der Waals surface area contributed by atoms with Crippen molar-refractivity contribution in [2.75, 3.05) is 0 Å². The van der Waals surface area contributed by atoms with Crippen LogP contribution in [0.15, 0.2) is 36.4 Å². The third-order valence-corrected chi connectivity index (χ3v) is 2.70. The van der Waals surface area contributed by atoms with Gasteiger partial charge in [0, 0.05) is 0 Å². The number of benzene rings is 2. The Hall–Kier alpha value is -2.57. The zero-order valence-electron chi connectivity index (χ0n) is 11.3. The fourth-order valence-corrected chi connectivity index (χ4v) is 1.75. The third kappa shape index (κ3) is 3.97. The minimum Gasteiger partial charge on any atom is -0.456 e. The number of alkyl halides is 3. The second kappa shape index (κ2) is 6.05. The van der Waals surface area contributed by atoms with Crippen LogP contribution in [-0.2, 0) is 0 Å². The van der Waals surface area contributed by atoms with E-state index in [2.05, 4.69) is 4.74 Å². The maximum absolute atomic E-state index is 13.0. The molecule has 2 rings (SSSR count). The summed E-state index contributed by atoms with van der Waals surface area (Å²) in [6.07, 6.45) is -4.51. The number of carbonyl (C=O) groups is 1. The molecule has 0 radical (unpaired) electrons. The summed E-state index contributed by atoms with van der Waals surface area (Å²) in [6.45, 7) is 1.60. The van der Waals surface area contributed by atoms with Crippen molar-refractivity contribution in [2.24, 2.45) is 0 Å². The highest BCUT2D eigenvalue weighted by Crippen LogP contribution is 2.31. The van der Waals surface area contributed by atoms with E-state index >= 15 is 0 Å². The number of aryl methyl sites for hydroxylation is 1. The Labute approximate surface area is 123 Å². The first kappa shape index (κ1) is 15.8. The van der Waals surface area contributed by atoms with Crippen molar-refractivity contribution < 1.29 is 31.8 Å². The van der Waals surface area contributed by atoms with Gasteiger partial charge in [-0.1, -0.05) is 0 Å². The molecular weight excluding hydrogens is 304 g/mol. The Morgan fingerprint density at radius 1 is 1.05 bits per heavy atom. The fourth-order valence-electron chi connectivity index (χ4n) is 1.75. The number of halogens is 4. The summed E-state index contributed by atoms with van der Waals surface area (Å²) in [6, 6.07) is 6.87. The van der Waals surface area contributed by atoms with Gasteiger partial charge in [-0.25, -0.2) is 4.39 Å². The van der Waals surface area contributed by atoms with Crippen LogP contribution in [0.4, 0.5) is 17.6 Å². The molecule has 0 spiro atoms. The molecule has 0 atom stereocenters. The van der Waals surface area contributed by atoms with Crippen molar-refractivity contribution in [2.45, 2.75) is 13.3 Å². The number of carbonyl (C=O) groups excluding carboxylic acids is 1. The van der Waals surface area contributed by atoms with E-state index in [9.17, 15) is 22.4 Å². The first-order valence-corrected chi connectivity index (χ1v) is 6.07. The van der Waals surface area contributed by atoms with Gasteiger partial charge in [0.1, 0.15) is 23.1 Å². The summed E-state index contributed by atoms with van der Waals surface area (Å²) < 4.78 is 58.6. The summed E-state index contributed by atoms with van der Waals surface area (Å²) >= 11 is 0. The molecule has 0 saturated carbocycles. The van der Waals surface area contributed by atoms with Crippen LogP contribution in [0, 0.1) is 12.7 Å². The molecule has 2 aromatic carbocycles. The first-order chi connectivity index (χ1) is 10.3. The highest BCUT2D eigenvalue weighted by atomic mass is 19.4. The Balaban J connectivity index is 2.29. The van der Waals surface area contributed by atoms with E-state index in [0.717, 1.165) is 12.1 Å². The minimum atomic E-state index is -4.85. The standard InChI is InChI=1S/C15H10F4O3/c1-9-6-11(16)2-4-13(9)21-14-5-3-12(7-10(14)8-20)22-15(17,18)19/h2-8H,1H3. The van der Waals surface area contributed by atoms with E-state index < -0.39 is 17.9 Å². The molecule has 0 aliphatic rings. The third-order valence-electron chi connectivity index (χ3n) is 2.70. The van der Waals surface area contributed by atoms with Crippen molar-refractivity contribution >= 4 is 6.29 Å². The zero-order valence-corrected chi connectivity index (χ0v) is 11.3. The van der Waals surface area contributed by atoms with Gasteiger partial charge >= 0.3 is 6.36 Å². The van der Waals surface area contributed by atoms with Crippen LogP contribution >= 0.6 is 0 Å². The van der Waals surface area contributed by atoms with Gasteiger partial charge < -0.3 is 9.47 Å². The number of ether oxygens (including phenoxy) is 2. The van der Waals surface area contributed by atoms with Crippen LogP contribution < -0.4 is 9.47 Å². The lowest BCUT2D eigenvalue weighted by molar-refractivity contribution is -0.274. The van der Waals surface area contributed by atoms with Gasteiger partial charge in [-0.2, -0.15) is 0 Å². The summed E-state index contributed by atoms with van der Waals surface area (Å²) in [4.78, 5) is 11.0. The van der Waals surface area contributed by atoms with Crippen molar-refractivity contribution in [3.8, 4) is 17.2 Å². The maximum Gasteiger partial charge on any atom is 0.573 e. The molecule has 0 unspecified atom stereocenters. The van der Waals surface area contributed by atoms with E-state index in [1.54, 1.807) is 6.92 Å². The number of aldehydes is 1. The SMILES string of the molecule is Cc1cc(F)ccc1Oc1ccc(OC(F)(F)F)cc1C=O. The molecule has 0 amide bonds. The van der Waals surface area contributed by atoms with Gasteiger partial charge in [0.2, 0.25) is 0 Å². The monoisotopic (exact) mass is 314 g/mol. The molecule has 0 fully saturated rings. The molecule has 0 aliphatic heterocycles. The lowest BCUT2D eigenvalue weighted by Crippen LogP contribution is -2.17. The zero-order chi connectivity index (χ0) is 16.3. The van der Waals surface area contributed by atoms with E-state index in [0.29, 0.717) is 11.8 Å². The predicted molar refractivity (Wildman–Crippen MR) is 69.7 cm³/mol. The molecule has 0 N–H and O–H groups in total. The van der Waals surface area contributed by atoms with Crippen molar-refractivity contribution in [1.29, 1.82) is 0 Å². The minimum absolute atomic E-state index is 0.0410. The van der Waals surface area contributed by atoms with Crippen LogP contribution in [0.2, 0.25) is 0 Å². The van der Waals surface area contributed by atoms with Gasteiger partial charge in [-0.15, -0.1) is 13.2 Å². The summed E-state index contributed by atoms with van der Waals surface area (Å²) in [7, 11) is 0. The molecule has 0 heterocycles. The summed E-state index contributed by atoms with van der Waals surface area (Å²) in [5, 5.41) is 0. The summed E-state index contributed by atoms with van der Waals surface area (Å²) in [5.41, 5.74) is 0.359. The molecule has 0 bridgehead atoms.